The number of unbranched alkanes of at least 4 members (excludes halogenated alkanes) is 1. The fraction of sp³-hybridized carbons (Fsp3) is 0.241. The van der Waals surface area contributed by atoms with Crippen LogP contribution in [0.4, 0.5) is 16.4 Å². The summed E-state index contributed by atoms with van der Waals surface area (Å²) in [6, 6.07) is 23.6. The van der Waals surface area contributed by atoms with Gasteiger partial charge in [0, 0.05) is 12.7 Å². The van der Waals surface area contributed by atoms with E-state index in [-0.39, 0.29) is 24.2 Å². The molecule has 4 aromatic rings. The molecule has 0 saturated carbocycles. The summed E-state index contributed by atoms with van der Waals surface area (Å²) in [5, 5.41) is 16.5. The largest absolute Gasteiger partial charge is 0.349 e. The minimum atomic E-state index is -0.432. The van der Waals surface area contributed by atoms with Crippen LogP contribution in [0.25, 0.3) is 0 Å². The lowest BCUT2D eigenvalue weighted by Crippen LogP contribution is -2.32. The third kappa shape index (κ3) is 8.60. The Balaban J connectivity index is 1.18. The van der Waals surface area contributed by atoms with E-state index in [2.05, 4.69) is 31.1 Å². The van der Waals surface area contributed by atoms with Crippen LogP contribution in [0.3, 0.4) is 0 Å². The number of amides is 3. The molecule has 0 bridgehead atoms. The van der Waals surface area contributed by atoms with Crippen LogP contribution in [-0.2, 0) is 24.2 Å². The molecule has 0 spiro atoms. The second-order valence-corrected chi connectivity index (χ2v) is 9.10. The minimum absolute atomic E-state index is 0.147. The van der Waals surface area contributed by atoms with E-state index < -0.39 is 11.7 Å². The number of carbonyl (C=O) groups excluding carboxylic acids is 2. The van der Waals surface area contributed by atoms with Crippen molar-refractivity contribution in [1.29, 1.82) is 0 Å². The van der Waals surface area contributed by atoms with E-state index in [9.17, 15) is 14.4 Å². The number of aryl methyl sites for hydroxylation is 2. The Morgan fingerprint density at radius 2 is 1.59 bits per heavy atom. The number of benzene rings is 2. The summed E-state index contributed by atoms with van der Waals surface area (Å²) < 4.78 is 1.51. The number of urea groups is 1. The Hall–Kier alpha value is -4.86. The summed E-state index contributed by atoms with van der Waals surface area (Å²) >= 11 is 0. The number of nitrogens with one attached hydrogen (secondary N) is 3. The van der Waals surface area contributed by atoms with Crippen molar-refractivity contribution in [3.8, 4) is 0 Å². The van der Waals surface area contributed by atoms with Gasteiger partial charge >= 0.3 is 11.7 Å². The first kappa shape index (κ1) is 27.2. The molecule has 10 heteroatoms. The maximum Gasteiger partial charge on any atom is 0.349 e. The summed E-state index contributed by atoms with van der Waals surface area (Å²) in [5.74, 6) is 0.459. The van der Waals surface area contributed by atoms with Gasteiger partial charge in [-0.05, 0) is 55.5 Å². The molecule has 4 rings (SSSR count). The van der Waals surface area contributed by atoms with Gasteiger partial charge in [-0.1, -0.05) is 60.7 Å². The second-order valence-electron chi connectivity index (χ2n) is 9.10. The maximum atomic E-state index is 12.4. The molecule has 3 N–H and O–H groups in total. The number of aromatic nitrogens is 4. The summed E-state index contributed by atoms with van der Waals surface area (Å²) in [5.41, 5.74) is 2.28. The zero-order valence-corrected chi connectivity index (χ0v) is 21.7. The van der Waals surface area contributed by atoms with Crippen molar-refractivity contribution in [2.75, 3.05) is 10.6 Å². The number of hydrogen-bond donors (Lipinski definition) is 3. The zero-order chi connectivity index (χ0) is 27.5. The van der Waals surface area contributed by atoms with E-state index in [4.69, 9.17) is 0 Å². The molecular formula is C29H31N7O3. The van der Waals surface area contributed by atoms with Crippen LogP contribution < -0.4 is 21.6 Å². The Kier molecular flexibility index (Phi) is 9.49. The average Bonchev–Trinajstić information content (AvgIpc) is 2.94. The lowest BCUT2D eigenvalue weighted by molar-refractivity contribution is -0.115. The third-order valence-corrected chi connectivity index (χ3v) is 6.04. The number of hydrogen-bond acceptors (Lipinski definition) is 6. The van der Waals surface area contributed by atoms with E-state index in [1.807, 2.05) is 73.7 Å². The highest BCUT2D eigenvalue weighted by atomic mass is 16.2. The summed E-state index contributed by atoms with van der Waals surface area (Å²) in [7, 11) is 0. The molecule has 39 heavy (non-hydrogen) atoms. The standard InChI is InChI=1S/C29H31N7O3/c1-21(23-12-6-3-7-13-23)30-28(38)32-25-17-19-36(29(39)33-25)18-9-8-14-24-15-16-26(35-34-24)31-27(37)20-22-10-4-2-5-11-22/h2-7,10-13,15-17,19,21H,8-9,14,18,20H2,1H3,(H,31,35,37)(H2,30,32,33,38,39)/t21-/m1/s1. The normalized spacial score (nSPS) is 11.4. The molecule has 0 aliphatic rings. The van der Waals surface area contributed by atoms with Crippen LogP contribution in [0.5, 0.6) is 0 Å². The third-order valence-electron chi connectivity index (χ3n) is 6.04. The highest BCUT2D eigenvalue weighted by Crippen LogP contribution is 2.12. The quantitative estimate of drug-likeness (QED) is 0.253. The Morgan fingerprint density at radius 3 is 2.28 bits per heavy atom. The summed E-state index contributed by atoms with van der Waals surface area (Å²) in [6.45, 7) is 2.37. The summed E-state index contributed by atoms with van der Waals surface area (Å²) in [4.78, 5) is 40.8. The van der Waals surface area contributed by atoms with Crippen molar-refractivity contribution < 1.29 is 9.59 Å². The van der Waals surface area contributed by atoms with Crippen molar-refractivity contribution >= 4 is 23.6 Å². The average molecular weight is 526 g/mol. The smallest absolute Gasteiger partial charge is 0.331 e. The Labute approximate surface area is 226 Å². The molecule has 1 atom stereocenters. The minimum Gasteiger partial charge on any atom is -0.331 e. The molecule has 2 heterocycles. The molecule has 0 aliphatic heterocycles. The van der Waals surface area contributed by atoms with Gasteiger partial charge in [0.2, 0.25) is 5.91 Å². The topological polar surface area (TPSA) is 131 Å². The van der Waals surface area contributed by atoms with Crippen LogP contribution in [-0.4, -0.2) is 31.7 Å². The van der Waals surface area contributed by atoms with Crippen molar-refractivity contribution in [1.82, 2.24) is 25.1 Å². The molecule has 3 amide bonds. The maximum absolute atomic E-state index is 12.4. The van der Waals surface area contributed by atoms with Crippen molar-refractivity contribution in [3.05, 3.63) is 112 Å². The van der Waals surface area contributed by atoms with E-state index in [0.29, 0.717) is 18.8 Å². The highest BCUT2D eigenvalue weighted by Gasteiger charge is 2.11. The lowest BCUT2D eigenvalue weighted by Gasteiger charge is -2.14. The number of nitrogens with zero attached hydrogens (tertiary/aromatic N) is 4. The number of anilines is 2. The number of carbonyl (C=O) groups is 2. The second kappa shape index (κ2) is 13.6. The molecule has 10 nitrogen and oxygen atoms in total. The summed E-state index contributed by atoms with van der Waals surface area (Å²) in [6.07, 6.45) is 4.11. The predicted octanol–water partition coefficient (Wildman–Crippen LogP) is 4.12. The van der Waals surface area contributed by atoms with Gasteiger partial charge in [-0.15, -0.1) is 5.10 Å². The molecule has 200 valence electrons. The first-order valence-corrected chi connectivity index (χ1v) is 12.8. The van der Waals surface area contributed by atoms with Gasteiger partial charge in [0.15, 0.2) is 5.82 Å². The van der Waals surface area contributed by atoms with Gasteiger partial charge in [0.05, 0.1) is 18.2 Å². The fourth-order valence-corrected chi connectivity index (χ4v) is 3.96. The first-order valence-electron chi connectivity index (χ1n) is 12.8. The molecule has 0 saturated heterocycles. The number of rotatable bonds is 11. The van der Waals surface area contributed by atoms with Crippen molar-refractivity contribution in [3.63, 3.8) is 0 Å². The van der Waals surface area contributed by atoms with E-state index in [1.54, 1.807) is 18.3 Å². The SMILES string of the molecule is C[C@@H](NC(=O)Nc1ccn(CCCCc2ccc(NC(=O)Cc3ccccc3)nn2)c(=O)n1)c1ccccc1. The Bertz CT molecular complexity index is 1420. The zero-order valence-electron chi connectivity index (χ0n) is 21.7. The van der Waals surface area contributed by atoms with Crippen LogP contribution in [0, 0.1) is 0 Å². The molecule has 2 aromatic heterocycles. The highest BCUT2D eigenvalue weighted by molar-refractivity contribution is 5.91. The molecule has 0 unspecified atom stereocenters. The van der Waals surface area contributed by atoms with Gasteiger partial charge < -0.3 is 10.6 Å². The first-order chi connectivity index (χ1) is 19.0. The van der Waals surface area contributed by atoms with E-state index >= 15 is 0 Å². The van der Waals surface area contributed by atoms with Gasteiger partial charge in [0.25, 0.3) is 0 Å². The predicted molar refractivity (Wildman–Crippen MR) is 149 cm³/mol. The van der Waals surface area contributed by atoms with E-state index in [0.717, 1.165) is 29.7 Å². The molecule has 2 aromatic carbocycles. The molecule has 0 radical (unpaired) electrons. The van der Waals surface area contributed by atoms with Crippen LogP contribution >= 0.6 is 0 Å². The fourth-order valence-electron chi connectivity index (χ4n) is 3.96. The molecule has 0 aliphatic carbocycles. The van der Waals surface area contributed by atoms with Crippen molar-refractivity contribution in [2.45, 2.75) is 45.2 Å². The van der Waals surface area contributed by atoms with Gasteiger partial charge in [-0.3, -0.25) is 14.7 Å². The monoisotopic (exact) mass is 525 g/mol. The van der Waals surface area contributed by atoms with Crippen LogP contribution in [0.1, 0.15) is 42.6 Å². The van der Waals surface area contributed by atoms with Crippen LogP contribution in [0.15, 0.2) is 89.9 Å². The molecule has 0 fully saturated rings. The van der Waals surface area contributed by atoms with Crippen molar-refractivity contribution in [2.24, 2.45) is 0 Å². The molecular weight excluding hydrogens is 494 g/mol. The van der Waals surface area contributed by atoms with Gasteiger partial charge in [-0.2, -0.15) is 10.1 Å². The van der Waals surface area contributed by atoms with Gasteiger partial charge in [-0.25, -0.2) is 9.59 Å². The van der Waals surface area contributed by atoms with E-state index in [1.165, 1.54) is 4.57 Å². The van der Waals surface area contributed by atoms with Crippen LogP contribution in [0.2, 0.25) is 0 Å². The van der Waals surface area contributed by atoms with Gasteiger partial charge in [0.1, 0.15) is 5.82 Å². The lowest BCUT2D eigenvalue weighted by atomic mass is 10.1. The Morgan fingerprint density at radius 1 is 0.846 bits per heavy atom.